The molecular weight excluding hydrogens is 271 g/mol. The molecule has 1 aromatic carbocycles. The van der Waals surface area contributed by atoms with Crippen LogP contribution in [0.3, 0.4) is 0 Å². The predicted molar refractivity (Wildman–Crippen MR) is 73.4 cm³/mol. The summed E-state index contributed by atoms with van der Waals surface area (Å²) in [4.78, 5) is 16.0. The van der Waals surface area contributed by atoms with Gasteiger partial charge >= 0.3 is 0 Å². The van der Waals surface area contributed by atoms with E-state index in [2.05, 4.69) is 10.3 Å². The Labute approximate surface area is 115 Å². The monoisotopic (exact) mass is 280 g/mol. The molecule has 1 N–H and O–H groups in total. The van der Waals surface area contributed by atoms with Crippen LogP contribution in [0.25, 0.3) is 0 Å². The third-order valence-corrected chi connectivity index (χ3v) is 2.82. The van der Waals surface area contributed by atoms with Crippen molar-refractivity contribution in [1.29, 1.82) is 0 Å². The second kappa shape index (κ2) is 5.38. The Bertz CT molecular complexity index is 579. The van der Waals surface area contributed by atoms with Gasteiger partial charge in [-0.25, -0.2) is 4.98 Å². The highest BCUT2D eigenvalue weighted by Crippen LogP contribution is 2.20. The lowest BCUT2D eigenvalue weighted by atomic mass is 10.1. The summed E-state index contributed by atoms with van der Waals surface area (Å²) in [7, 11) is 0. The fourth-order valence-corrected chi connectivity index (χ4v) is 1.98. The maximum Gasteiger partial charge on any atom is 0.256 e. The zero-order valence-electron chi connectivity index (χ0n) is 9.58. The fourth-order valence-electron chi connectivity index (χ4n) is 1.52. The number of aromatic nitrogens is 1. The predicted octanol–water partition coefficient (Wildman–Crippen LogP) is 3.95. The molecule has 5 heteroatoms. The molecule has 0 saturated carbocycles. The highest BCUT2D eigenvalue weighted by atomic mass is 35.5. The first-order valence-corrected chi connectivity index (χ1v) is 6.01. The number of carbonyl (C=O) groups is 1. The minimum Gasteiger partial charge on any atom is -0.305 e. The van der Waals surface area contributed by atoms with Crippen LogP contribution in [-0.2, 0) is 0 Å². The van der Waals surface area contributed by atoms with Crippen LogP contribution in [0.5, 0.6) is 0 Å². The molecule has 0 saturated heterocycles. The zero-order chi connectivity index (χ0) is 13.1. The van der Waals surface area contributed by atoms with Gasteiger partial charge in [-0.2, -0.15) is 0 Å². The molecule has 0 fully saturated rings. The summed E-state index contributed by atoms with van der Waals surface area (Å²) >= 11 is 11.8. The van der Waals surface area contributed by atoms with Gasteiger partial charge in [-0.05, 0) is 42.8 Å². The quantitative estimate of drug-likeness (QED) is 0.905. The molecule has 0 atom stereocenters. The first-order chi connectivity index (χ1) is 8.56. The van der Waals surface area contributed by atoms with Crippen molar-refractivity contribution in [2.75, 3.05) is 5.32 Å². The molecule has 2 aromatic rings. The summed E-state index contributed by atoms with van der Waals surface area (Å²) in [5.41, 5.74) is 1.39. The Morgan fingerprint density at radius 3 is 2.72 bits per heavy atom. The average molecular weight is 281 g/mol. The summed E-state index contributed by atoms with van der Waals surface area (Å²) in [6.45, 7) is 1.87. The van der Waals surface area contributed by atoms with Gasteiger partial charge in [-0.15, -0.1) is 0 Å². The molecule has 0 radical (unpaired) electrons. The van der Waals surface area contributed by atoms with E-state index in [0.717, 1.165) is 5.56 Å². The van der Waals surface area contributed by atoms with Crippen LogP contribution >= 0.6 is 23.2 Å². The summed E-state index contributed by atoms with van der Waals surface area (Å²) in [5, 5.41) is 3.55. The smallest absolute Gasteiger partial charge is 0.256 e. The second-order valence-corrected chi connectivity index (χ2v) is 4.65. The van der Waals surface area contributed by atoms with Gasteiger partial charge in [0.15, 0.2) is 5.82 Å². The Morgan fingerprint density at radius 2 is 2.06 bits per heavy atom. The molecule has 0 spiro atoms. The van der Waals surface area contributed by atoms with Gasteiger partial charge in [0.2, 0.25) is 0 Å². The van der Waals surface area contributed by atoms with Gasteiger partial charge in [0, 0.05) is 16.8 Å². The van der Waals surface area contributed by atoms with E-state index in [-0.39, 0.29) is 5.91 Å². The van der Waals surface area contributed by atoms with Crippen molar-refractivity contribution in [3.8, 4) is 0 Å². The van der Waals surface area contributed by atoms with E-state index in [1.165, 1.54) is 0 Å². The Morgan fingerprint density at radius 1 is 1.28 bits per heavy atom. The van der Waals surface area contributed by atoms with Crippen LogP contribution in [0.4, 0.5) is 5.82 Å². The van der Waals surface area contributed by atoms with Crippen molar-refractivity contribution in [1.82, 2.24) is 4.98 Å². The summed E-state index contributed by atoms with van der Waals surface area (Å²) in [6, 6.07) is 8.49. The standard InChI is InChI=1S/C13H10Cl2N2O/c1-8-5-9(7-10(14)6-8)13(18)17-12-11(15)3-2-4-16-12/h2-7H,1H3,(H,16,17,18). The molecule has 1 amide bonds. The number of aryl methyl sites for hydroxylation is 1. The highest BCUT2D eigenvalue weighted by molar-refractivity contribution is 6.33. The van der Waals surface area contributed by atoms with Crippen LogP contribution in [0.1, 0.15) is 15.9 Å². The minimum atomic E-state index is -0.291. The van der Waals surface area contributed by atoms with Crippen molar-refractivity contribution in [3.05, 3.63) is 57.7 Å². The molecule has 1 aromatic heterocycles. The maximum atomic E-state index is 12.0. The van der Waals surface area contributed by atoms with Crippen LogP contribution in [0.15, 0.2) is 36.5 Å². The molecule has 0 aliphatic heterocycles. The topological polar surface area (TPSA) is 42.0 Å². The number of benzene rings is 1. The molecular formula is C13H10Cl2N2O. The van der Waals surface area contributed by atoms with Gasteiger partial charge in [0.05, 0.1) is 5.02 Å². The van der Waals surface area contributed by atoms with E-state index in [0.29, 0.717) is 21.4 Å². The Hall–Kier alpha value is -1.58. The Balaban J connectivity index is 2.25. The highest BCUT2D eigenvalue weighted by Gasteiger charge is 2.10. The minimum absolute atomic E-state index is 0.291. The summed E-state index contributed by atoms with van der Waals surface area (Å²) in [6.07, 6.45) is 1.56. The number of pyridine rings is 1. The van der Waals surface area contributed by atoms with Gasteiger partial charge in [-0.3, -0.25) is 4.79 Å². The number of rotatable bonds is 2. The number of nitrogens with zero attached hydrogens (tertiary/aromatic N) is 1. The maximum absolute atomic E-state index is 12.0. The summed E-state index contributed by atoms with van der Waals surface area (Å²) in [5.74, 6) is 0.0444. The van der Waals surface area contributed by atoms with E-state index in [1.807, 2.05) is 6.92 Å². The molecule has 3 nitrogen and oxygen atoms in total. The Kier molecular flexibility index (Phi) is 3.84. The van der Waals surface area contributed by atoms with Crippen molar-refractivity contribution < 1.29 is 4.79 Å². The van der Waals surface area contributed by atoms with E-state index in [9.17, 15) is 4.79 Å². The number of amides is 1. The van der Waals surface area contributed by atoms with E-state index >= 15 is 0 Å². The van der Waals surface area contributed by atoms with Gasteiger partial charge < -0.3 is 5.32 Å². The zero-order valence-corrected chi connectivity index (χ0v) is 11.1. The molecule has 0 bridgehead atoms. The van der Waals surface area contributed by atoms with Crippen molar-refractivity contribution >= 4 is 34.9 Å². The van der Waals surface area contributed by atoms with Crippen LogP contribution in [-0.4, -0.2) is 10.9 Å². The van der Waals surface area contributed by atoms with Crippen molar-refractivity contribution in [2.45, 2.75) is 6.92 Å². The van der Waals surface area contributed by atoms with Crippen LogP contribution in [0, 0.1) is 6.92 Å². The fraction of sp³-hybridized carbons (Fsp3) is 0.0769. The molecule has 0 aliphatic carbocycles. The summed E-state index contributed by atoms with van der Waals surface area (Å²) < 4.78 is 0. The number of hydrogen-bond acceptors (Lipinski definition) is 2. The van der Waals surface area contributed by atoms with Gasteiger partial charge in [0.25, 0.3) is 5.91 Å². The molecule has 0 aliphatic rings. The second-order valence-electron chi connectivity index (χ2n) is 3.81. The molecule has 1 heterocycles. The average Bonchev–Trinajstić information content (AvgIpc) is 2.31. The number of hydrogen-bond donors (Lipinski definition) is 1. The first kappa shape index (κ1) is 12.9. The van der Waals surface area contributed by atoms with Gasteiger partial charge in [0.1, 0.15) is 0 Å². The molecule has 92 valence electrons. The first-order valence-electron chi connectivity index (χ1n) is 5.25. The molecule has 2 rings (SSSR count). The van der Waals surface area contributed by atoms with Crippen molar-refractivity contribution in [2.24, 2.45) is 0 Å². The number of halogens is 2. The lowest BCUT2D eigenvalue weighted by Crippen LogP contribution is -2.13. The van der Waals surface area contributed by atoms with Crippen LogP contribution < -0.4 is 5.32 Å². The van der Waals surface area contributed by atoms with E-state index in [4.69, 9.17) is 23.2 Å². The largest absolute Gasteiger partial charge is 0.305 e. The normalized spacial score (nSPS) is 10.2. The number of nitrogens with one attached hydrogen (secondary N) is 1. The van der Waals surface area contributed by atoms with E-state index in [1.54, 1.807) is 36.5 Å². The lowest BCUT2D eigenvalue weighted by Gasteiger charge is -2.07. The van der Waals surface area contributed by atoms with Crippen LogP contribution in [0.2, 0.25) is 10.0 Å². The number of anilines is 1. The SMILES string of the molecule is Cc1cc(Cl)cc(C(=O)Nc2ncccc2Cl)c1. The lowest BCUT2D eigenvalue weighted by molar-refractivity contribution is 0.102. The number of carbonyl (C=O) groups excluding carboxylic acids is 1. The third-order valence-electron chi connectivity index (χ3n) is 2.29. The van der Waals surface area contributed by atoms with E-state index < -0.39 is 0 Å². The van der Waals surface area contributed by atoms with Crippen molar-refractivity contribution in [3.63, 3.8) is 0 Å². The van der Waals surface area contributed by atoms with Gasteiger partial charge in [-0.1, -0.05) is 23.2 Å². The molecule has 18 heavy (non-hydrogen) atoms. The third kappa shape index (κ3) is 3.00. The molecule has 0 unspecified atom stereocenters.